The summed E-state index contributed by atoms with van der Waals surface area (Å²) in [5.74, 6) is 2.75. The fraction of sp³-hybridized carbons (Fsp3) is 0.929. The Bertz CT molecular complexity index is 316. The first-order chi connectivity index (χ1) is 13.6. The summed E-state index contributed by atoms with van der Waals surface area (Å²) in [4.78, 5) is 0. The second-order valence-electron chi connectivity index (χ2n) is 9.94. The van der Waals surface area contributed by atoms with Crippen molar-refractivity contribution in [3.05, 3.63) is 12.2 Å². The fourth-order valence-corrected chi connectivity index (χ4v) is 4.17. The molecule has 0 aliphatic carbocycles. The van der Waals surface area contributed by atoms with Gasteiger partial charge in [-0.25, -0.2) is 0 Å². The normalized spacial score (nSPS) is 15.2. The van der Waals surface area contributed by atoms with E-state index in [4.69, 9.17) is 0 Å². The van der Waals surface area contributed by atoms with E-state index in [0.29, 0.717) is 0 Å². The molecular weight excluding hydrogens is 336 g/mol. The number of rotatable bonds is 21. The average molecular weight is 393 g/mol. The van der Waals surface area contributed by atoms with E-state index in [0.717, 1.165) is 17.8 Å². The molecule has 0 amide bonds. The number of hydrogen-bond acceptors (Lipinski definition) is 0. The highest BCUT2D eigenvalue weighted by Gasteiger charge is 2.05. The molecule has 0 fully saturated rings. The lowest BCUT2D eigenvalue weighted by atomic mass is 9.92. The smallest absolute Gasteiger partial charge is 0.0325 e. The van der Waals surface area contributed by atoms with Crippen LogP contribution in [0, 0.1) is 17.8 Å². The maximum atomic E-state index is 2.46. The molecule has 0 bridgehead atoms. The van der Waals surface area contributed by atoms with Gasteiger partial charge in [-0.2, -0.15) is 0 Å². The third-order valence-corrected chi connectivity index (χ3v) is 6.53. The van der Waals surface area contributed by atoms with Crippen molar-refractivity contribution in [1.29, 1.82) is 0 Å². The minimum absolute atomic E-state index is 0.866. The molecule has 0 rings (SSSR count). The van der Waals surface area contributed by atoms with Gasteiger partial charge < -0.3 is 0 Å². The lowest BCUT2D eigenvalue weighted by molar-refractivity contribution is 0.405. The molecule has 3 atom stereocenters. The van der Waals surface area contributed by atoms with Gasteiger partial charge in [-0.15, -0.1) is 0 Å². The van der Waals surface area contributed by atoms with Crippen LogP contribution in [0.5, 0.6) is 0 Å². The maximum Gasteiger partial charge on any atom is -0.0325 e. The molecule has 0 aromatic carbocycles. The van der Waals surface area contributed by atoms with Gasteiger partial charge in [0.05, 0.1) is 0 Å². The van der Waals surface area contributed by atoms with Crippen molar-refractivity contribution < 1.29 is 0 Å². The topological polar surface area (TPSA) is 0 Å². The van der Waals surface area contributed by atoms with Crippen molar-refractivity contribution in [1.82, 2.24) is 0 Å². The van der Waals surface area contributed by atoms with E-state index >= 15 is 0 Å². The molecule has 0 saturated carbocycles. The molecule has 0 aromatic rings. The van der Waals surface area contributed by atoms with Gasteiger partial charge in [0.15, 0.2) is 0 Å². The van der Waals surface area contributed by atoms with Gasteiger partial charge in [0.2, 0.25) is 0 Å². The van der Waals surface area contributed by atoms with Crippen LogP contribution in [0.1, 0.15) is 150 Å². The molecule has 3 unspecified atom stereocenters. The molecule has 28 heavy (non-hydrogen) atoms. The monoisotopic (exact) mass is 392 g/mol. The van der Waals surface area contributed by atoms with E-state index < -0.39 is 0 Å². The van der Waals surface area contributed by atoms with Crippen molar-refractivity contribution in [3.8, 4) is 0 Å². The van der Waals surface area contributed by atoms with E-state index in [-0.39, 0.29) is 0 Å². The lowest BCUT2D eigenvalue weighted by Gasteiger charge is -2.14. The van der Waals surface area contributed by atoms with Crippen LogP contribution in [-0.4, -0.2) is 0 Å². The fourth-order valence-electron chi connectivity index (χ4n) is 4.17. The highest BCUT2D eigenvalue weighted by molar-refractivity contribution is 4.83. The highest BCUT2D eigenvalue weighted by atomic mass is 14.1. The Labute approximate surface area is 180 Å². The molecule has 0 saturated heterocycles. The minimum Gasteiger partial charge on any atom is -0.0885 e. The zero-order valence-corrected chi connectivity index (χ0v) is 20.6. The molecule has 0 heteroatoms. The highest BCUT2D eigenvalue weighted by Crippen LogP contribution is 2.20. The molecule has 0 aromatic heterocycles. The van der Waals surface area contributed by atoms with Crippen molar-refractivity contribution >= 4 is 0 Å². The third kappa shape index (κ3) is 20.5. The average Bonchev–Trinajstić information content (AvgIpc) is 2.69. The molecule has 0 N–H and O–H groups in total. The van der Waals surface area contributed by atoms with Crippen LogP contribution in [0.25, 0.3) is 0 Å². The predicted octanol–water partition coefficient (Wildman–Crippen LogP) is 10.5. The summed E-state index contributed by atoms with van der Waals surface area (Å²) in [6, 6.07) is 0. The second-order valence-corrected chi connectivity index (χ2v) is 9.94. The van der Waals surface area contributed by atoms with E-state index in [1.165, 1.54) is 116 Å². The van der Waals surface area contributed by atoms with Crippen LogP contribution >= 0.6 is 0 Å². The Hall–Kier alpha value is -0.260. The Morgan fingerprint density at radius 3 is 1.54 bits per heavy atom. The second kappa shape index (κ2) is 21.4. The molecule has 0 spiro atoms. The summed E-state index contributed by atoms with van der Waals surface area (Å²) in [6.45, 7) is 11.9. The molecule has 0 radical (unpaired) electrons. The number of hydrogen-bond donors (Lipinski definition) is 0. The Morgan fingerprint density at radius 2 is 0.929 bits per heavy atom. The van der Waals surface area contributed by atoms with Crippen LogP contribution in [0.3, 0.4) is 0 Å². The third-order valence-electron chi connectivity index (χ3n) is 6.53. The van der Waals surface area contributed by atoms with Gasteiger partial charge >= 0.3 is 0 Å². The standard InChI is InChI=1S/C28H56/c1-6-8-20-26(3)22-18-16-14-12-10-11-13-15-17-19-23-28(5)25-24-27(4)21-9-7-2/h17,19,26-28H,6-16,18,20-25H2,1-5H3. The van der Waals surface area contributed by atoms with Crippen LogP contribution in [0.4, 0.5) is 0 Å². The van der Waals surface area contributed by atoms with Gasteiger partial charge in [-0.1, -0.05) is 143 Å². The minimum atomic E-state index is 0.866. The zero-order valence-electron chi connectivity index (χ0n) is 20.6. The number of unbranched alkanes of at least 4 members (excludes halogenated alkanes) is 9. The molecule has 0 heterocycles. The van der Waals surface area contributed by atoms with Gasteiger partial charge in [-0.3, -0.25) is 0 Å². The maximum absolute atomic E-state index is 2.46. The van der Waals surface area contributed by atoms with Crippen LogP contribution in [0.2, 0.25) is 0 Å². The summed E-state index contributed by atoms with van der Waals surface area (Å²) in [5, 5.41) is 0. The van der Waals surface area contributed by atoms with Crippen molar-refractivity contribution in [2.45, 2.75) is 150 Å². The Kier molecular flexibility index (Phi) is 21.2. The summed E-state index contributed by atoms with van der Waals surface area (Å²) in [6.07, 6.45) is 30.3. The molecule has 0 nitrogen and oxygen atoms in total. The molecular formula is C28H56. The Balaban J connectivity index is 3.35. The van der Waals surface area contributed by atoms with Gasteiger partial charge in [0, 0.05) is 0 Å². The summed E-state index contributed by atoms with van der Waals surface area (Å²) in [7, 11) is 0. The summed E-state index contributed by atoms with van der Waals surface area (Å²) in [5.41, 5.74) is 0. The predicted molar refractivity (Wildman–Crippen MR) is 131 cm³/mol. The van der Waals surface area contributed by atoms with Crippen LogP contribution < -0.4 is 0 Å². The SMILES string of the molecule is CCCCC(C)CCCCCCCCCC=CCC(C)CCC(C)CCCC. The van der Waals surface area contributed by atoms with Gasteiger partial charge in [-0.05, 0) is 37.0 Å². The quantitative estimate of drug-likeness (QED) is 0.134. The van der Waals surface area contributed by atoms with Crippen molar-refractivity contribution in [3.63, 3.8) is 0 Å². The Morgan fingerprint density at radius 1 is 0.464 bits per heavy atom. The first-order valence-electron chi connectivity index (χ1n) is 13.2. The van der Waals surface area contributed by atoms with Gasteiger partial charge in [0.25, 0.3) is 0 Å². The summed E-state index contributed by atoms with van der Waals surface area (Å²) < 4.78 is 0. The van der Waals surface area contributed by atoms with Crippen molar-refractivity contribution in [2.24, 2.45) is 17.8 Å². The summed E-state index contributed by atoms with van der Waals surface area (Å²) >= 11 is 0. The largest absolute Gasteiger partial charge is 0.0885 e. The van der Waals surface area contributed by atoms with E-state index in [2.05, 4.69) is 46.8 Å². The van der Waals surface area contributed by atoms with Gasteiger partial charge in [0.1, 0.15) is 0 Å². The van der Waals surface area contributed by atoms with E-state index in [9.17, 15) is 0 Å². The first-order valence-corrected chi connectivity index (χ1v) is 13.2. The van der Waals surface area contributed by atoms with Crippen LogP contribution in [-0.2, 0) is 0 Å². The molecule has 168 valence electrons. The van der Waals surface area contributed by atoms with E-state index in [1.54, 1.807) is 0 Å². The van der Waals surface area contributed by atoms with E-state index in [1.807, 2.05) is 0 Å². The molecule has 0 aliphatic heterocycles. The molecule has 0 aliphatic rings. The van der Waals surface area contributed by atoms with Crippen molar-refractivity contribution in [2.75, 3.05) is 0 Å². The lowest BCUT2D eigenvalue weighted by Crippen LogP contribution is -1.99. The zero-order chi connectivity index (χ0) is 20.9. The number of allylic oxidation sites excluding steroid dienone is 2. The van der Waals surface area contributed by atoms with Crippen LogP contribution in [0.15, 0.2) is 12.2 Å². The first kappa shape index (κ1) is 27.7.